The van der Waals surface area contributed by atoms with E-state index in [0.717, 1.165) is 50.2 Å². The smallest absolute Gasteiger partial charge is 0.137 e. The summed E-state index contributed by atoms with van der Waals surface area (Å²) in [6.07, 6.45) is 0. The summed E-state index contributed by atoms with van der Waals surface area (Å²) in [5.74, 6) is 0. The summed E-state index contributed by atoms with van der Waals surface area (Å²) < 4.78 is 9.11. The number of hydrogen-bond acceptors (Lipinski definition) is 3. The lowest BCUT2D eigenvalue weighted by Crippen LogP contribution is -2.36. The molecule has 0 N–H and O–H groups in total. The van der Waals surface area contributed by atoms with E-state index in [4.69, 9.17) is 4.42 Å². The maximum atomic E-state index is 6.64. The molecular weight excluding hydrogens is 833 g/mol. The van der Waals surface area contributed by atoms with Crippen LogP contribution < -0.4 is 4.90 Å². The Bertz CT molecular complexity index is 4180. The van der Waals surface area contributed by atoms with E-state index in [2.05, 4.69) is 240 Å². The number of aromatic nitrogens is 1. The van der Waals surface area contributed by atoms with Gasteiger partial charge in [0, 0.05) is 42.4 Å². The summed E-state index contributed by atoms with van der Waals surface area (Å²) in [6.45, 7) is 0. The van der Waals surface area contributed by atoms with E-state index in [1.165, 1.54) is 81.0 Å². The lowest BCUT2D eigenvalue weighted by atomic mass is 9.59. The second-order valence-electron chi connectivity index (χ2n) is 17.9. The lowest BCUT2D eigenvalue weighted by Gasteiger charge is -2.46. The summed E-state index contributed by atoms with van der Waals surface area (Å²) in [4.78, 5) is 5.09. The zero-order chi connectivity index (χ0) is 43.8. The number of hydrogen-bond donors (Lipinski definition) is 0. The Labute approximate surface area is 390 Å². The topological polar surface area (TPSA) is 21.3 Å². The molecule has 0 unspecified atom stereocenters. The van der Waals surface area contributed by atoms with E-state index >= 15 is 0 Å². The molecule has 3 heterocycles. The Morgan fingerprint density at radius 1 is 0.388 bits per heavy atom. The molecule has 0 amide bonds. The van der Waals surface area contributed by atoms with Gasteiger partial charge in [0.2, 0.25) is 0 Å². The first kappa shape index (κ1) is 37.0. The van der Waals surface area contributed by atoms with Crippen LogP contribution in [0.4, 0.5) is 17.1 Å². The molecule has 0 bridgehead atoms. The minimum Gasteiger partial charge on any atom is -0.456 e. The summed E-state index contributed by atoms with van der Waals surface area (Å²) in [5.41, 5.74) is 15.7. The monoisotopic (exact) mass is 870 g/mol. The van der Waals surface area contributed by atoms with Crippen LogP contribution in [-0.2, 0) is 5.41 Å². The Kier molecular flexibility index (Phi) is 7.64. The fourth-order valence-electron chi connectivity index (χ4n) is 12.0. The van der Waals surface area contributed by atoms with Crippen molar-refractivity contribution in [3.63, 3.8) is 0 Å². The zero-order valence-electron chi connectivity index (χ0n) is 36.2. The molecule has 67 heavy (non-hydrogen) atoms. The van der Waals surface area contributed by atoms with E-state index in [0.29, 0.717) is 0 Å². The van der Waals surface area contributed by atoms with Crippen molar-refractivity contribution in [1.29, 1.82) is 0 Å². The molecule has 2 aliphatic rings. The summed E-state index contributed by atoms with van der Waals surface area (Å²) >= 11 is 1.88. The Hall–Kier alpha value is -8.31. The third-order valence-electron chi connectivity index (χ3n) is 14.6. The number of fused-ring (bicyclic) bond motifs is 15. The van der Waals surface area contributed by atoms with Crippen LogP contribution in [0.5, 0.6) is 0 Å². The van der Waals surface area contributed by atoms with Crippen LogP contribution in [0.25, 0.3) is 82.1 Å². The van der Waals surface area contributed by atoms with Crippen LogP contribution in [-0.4, -0.2) is 4.57 Å². The molecule has 1 spiro atoms. The molecule has 0 saturated carbocycles. The highest BCUT2D eigenvalue weighted by Gasteiger charge is 2.48. The molecule has 11 aromatic carbocycles. The molecule has 0 radical (unpaired) electrons. The number of nitrogens with zero attached hydrogens (tertiary/aromatic N) is 2. The highest BCUT2D eigenvalue weighted by Crippen LogP contribution is 2.62. The molecule has 0 saturated heterocycles. The largest absolute Gasteiger partial charge is 0.456 e. The van der Waals surface area contributed by atoms with Gasteiger partial charge in [-0.3, -0.25) is 0 Å². The molecule has 15 rings (SSSR count). The van der Waals surface area contributed by atoms with Gasteiger partial charge in [0.1, 0.15) is 11.2 Å². The van der Waals surface area contributed by atoms with Crippen LogP contribution in [0, 0.1) is 0 Å². The van der Waals surface area contributed by atoms with Crippen molar-refractivity contribution < 1.29 is 4.42 Å². The highest BCUT2D eigenvalue weighted by molar-refractivity contribution is 7.99. The van der Waals surface area contributed by atoms with Gasteiger partial charge in [-0.05, 0) is 105 Å². The molecular formula is C63H38N2OS. The van der Waals surface area contributed by atoms with Crippen molar-refractivity contribution in [2.45, 2.75) is 15.2 Å². The van der Waals surface area contributed by atoms with Gasteiger partial charge in [0.25, 0.3) is 0 Å². The van der Waals surface area contributed by atoms with Gasteiger partial charge in [-0.25, -0.2) is 0 Å². The van der Waals surface area contributed by atoms with Gasteiger partial charge in [0.15, 0.2) is 0 Å². The third kappa shape index (κ3) is 4.97. The van der Waals surface area contributed by atoms with Gasteiger partial charge in [-0.15, -0.1) is 0 Å². The Morgan fingerprint density at radius 3 is 1.88 bits per heavy atom. The number of benzene rings is 11. The average molecular weight is 871 g/mol. The molecule has 0 fully saturated rings. The molecule has 13 aromatic rings. The molecule has 312 valence electrons. The van der Waals surface area contributed by atoms with E-state index in [-0.39, 0.29) is 0 Å². The second-order valence-corrected chi connectivity index (χ2v) is 19.0. The van der Waals surface area contributed by atoms with E-state index in [9.17, 15) is 0 Å². The van der Waals surface area contributed by atoms with Gasteiger partial charge in [-0.2, -0.15) is 0 Å². The van der Waals surface area contributed by atoms with Crippen molar-refractivity contribution in [3.8, 4) is 16.8 Å². The number of anilines is 3. The van der Waals surface area contributed by atoms with E-state index in [1.807, 2.05) is 11.8 Å². The fraction of sp³-hybridized carbons (Fsp3) is 0.0159. The SMILES string of the molecule is c1ccc2c(c1)Sc1ccccc1C21c2ccccc2-c2ccc(N(c3ccc4c5ccccc5n(-c5cccc6ccccc56)c4c3)c3cccc4oc5ccccc5c34)c3cccc1c23. The standard InChI is InChI=1S/C63H38N2OS/c1-2-18-41-39(16-1)17-13-28-52(41)65-53-27-9-4-20-43(53)44-35-34-40(38-56(44)65)64(55-29-15-31-58-62(55)47-21-5-10-30-57(47)66-58)54-37-36-45-42-19-3-6-23-48(42)63(51-26-14-22-46(54)61(45)51)49-24-7-11-32-59(49)67-60-33-12-8-25-50(60)63/h1-38H. The van der Waals surface area contributed by atoms with Gasteiger partial charge < -0.3 is 13.9 Å². The minimum atomic E-state index is -0.538. The van der Waals surface area contributed by atoms with Crippen LogP contribution in [0.2, 0.25) is 0 Å². The number of furan rings is 1. The van der Waals surface area contributed by atoms with Crippen LogP contribution >= 0.6 is 11.8 Å². The van der Waals surface area contributed by atoms with Gasteiger partial charge in [0.05, 0.1) is 38.9 Å². The second kappa shape index (κ2) is 13.9. The first-order valence-corrected chi connectivity index (χ1v) is 23.8. The summed E-state index contributed by atoms with van der Waals surface area (Å²) in [5, 5.41) is 9.51. The third-order valence-corrected chi connectivity index (χ3v) is 15.8. The number of rotatable bonds is 4. The van der Waals surface area contributed by atoms with E-state index < -0.39 is 5.41 Å². The average Bonchev–Trinajstić information content (AvgIpc) is 3.94. The summed E-state index contributed by atoms with van der Waals surface area (Å²) in [6, 6.07) is 85.3. The summed E-state index contributed by atoms with van der Waals surface area (Å²) in [7, 11) is 0. The molecule has 1 aliphatic carbocycles. The fourth-order valence-corrected chi connectivity index (χ4v) is 13.2. The quantitative estimate of drug-likeness (QED) is 0.176. The first-order valence-electron chi connectivity index (χ1n) is 23.0. The predicted octanol–water partition coefficient (Wildman–Crippen LogP) is 17.3. The Balaban J connectivity index is 1.07. The van der Waals surface area contributed by atoms with Crippen LogP contribution in [0.1, 0.15) is 22.3 Å². The predicted molar refractivity (Wildman–Crippen MR) is 279 cm³/mol. The molecule has 2 aromatic heterocycles. The van der Waals surface area contributed by atoms with Gasteiger partial charge >= 0.3 is 0 Å². The Morgan fingerprint density at radius 2 is 1.01 bits per heavy atom. The molecule has 3 nitrogen and oxygen atoms in total. The lowest BCUT2D eigenvalue weighted by molar-refractivity contribution is 0.669. The van der Waals surface area contributed by atoms with Crippen LogP contribution in [0.3, 0.4) is 0 Å². The van der Waals surface area contributed by atoms with Crippen molar-refractivity contribution in [2.24, 2.45) is 0 Å². The molecule has 4 heteroatoms. The minimum absolute atomic E-state index is 0.538. The van der Waals surface area contributed by atoms with Crippen molar-refractivity contribution in [1.82, 2.24) is 4.57 Å². The zero-order valence-corrected chi connectivity index (χ0v) is 37.0. The van der Waals surface area contributed by atoms with E-state index in [1.54, 1.807) is 0 Å². The van der Waals surface area contributed by atoms with Crippen molar-refractivity contribution in [2.75, 3.05) is 4.90 Å². The molecule has 1 aliphatic heterocycles. The first-order chi connectivity index (χ1) is 33.3. The normalized spacial score (nSPS) is 13.4. The number of para-hydroxylation sites is 2. The van der Waals surface area contributed by atoms with Crippen molar-refractivity contribution >= 4 is 94.1 Å². The maximum Gasteiger partial charge on any atom is 0.137 e. The van der Waals surface area contributed by atoms with Gasteiger partial charge in [-0.1, -0.05) is 182 Å². The highest BCUT2D eigenvalue weighted by atomic mass is 32.2. The van der Waals surface area contributed by atoms with Crippen molar-refractivity contribution in [3.05, 3.63) is 253 Å². The van der Waals surface area contributed by atoms with Crippen LogP contribution in [0.15, 0.2) is 245 Å². The molecule has 0 atom stereocenters. The maximum absolute atomic E-state index is 6.64.